The van der Waals surface area contributed by atoms with Crippen LogP contribution in [0, 0.1) is 0 Å². The lowest BCUT2D eigenvalue weighted by Crippen LogP contribution is -2.42. The summed E-state index contributed by atoms with van der Waals surface area (Å²) >= 11 is 0. The molecule has 0 spiro atoms. The van der Waals surface area contributed by atoms with Gasteiger partial charge in [-0.1, -0.05) is 18.2 Å². The van der Waals surface area contributed by atoms with Crippen LogP contribution in [0.4, 0.5) is 0 Å². The molecule has 2 heteroatoms. The fourth-order valence-corrected chi connectivity index (χ4v) is 3.33. The van der Waals surface area contributed by atoms with Gasteiger partial charge < -0.3 is 4.90 Å². The van der Waals surface area contributed by atoms with Gasteiger partial charge in [0.15, 0.2) is 0 Å². The SMILES string of the molecule is CC(C)N(C(=O)Cc1ccc2c(c1)CCCC2)C(C)C. The Morgan fingerprint density at radius 1 is 1.05 bits per heavy atom. The van der Waals surface area contributed by atoms with E-state index >= 15 is 0 Å². The molecule has 1 amide bonds. The lowest BCUT2D eigenvalue weighted by Gasteiger charge is -2.31. The number of amides is 1. The summed E-state index contributed by atoms with van der Waals surface area (Å²) in [6.45, 7) is 8.35. The largest absolute Gasteiger partial charge is 0.338 e. The van der Waals surface area contributed by atoms with E-state index in [0.29, 0.717) is 6.42 Å². The Morgan fingerprint density at radius 2 is 1.65 bits per heavy atom. The smallest absolute Gasteiger partial charge is 0.227 e. The van der Waals surface area contributed by atoms with Crippen molar-refractivity contribution in [1.29, 1.82) is 0 Å². The molecule has 0 aliphatic heterocycles. The fraction of sp³-hybridized carbons (Fsp3) is 0.611. The first-order valence-corrected chi connectivity index (χ1v) is 7.91. The van der Waals surface area contributed by atoms with Crippen molar-refractivity contribution < 1.29 is 4.79 Å². The van der Waals surface area contributed by atoms with Crippen LogP contribution in [0.5, 0.6) is 0 Å². The van der Waals surface area contributed by atoms with E-state index in [9.17, 15) is 4.79 Å². The van der Waals surface area contributed by atoms with Crippen LogP contribution in [0.1, 0.15) is 57.2 Å². The highest BCUT2D eigenvalue weighted by atomic mass is 16.2. The van der Waals surface area contributed by atoms with Gasteiger partial charge in [-0.05, 0) is 70.1 Å². The first-order chi connectivity index (χ1) is 9.49. The summed E-state index contributed by atoms with van der Waals surface area (Å²) in [5.41, 5.74) is 4.11. The number of hydrogen-bond donors (Lipinski definition) is 0. The predicted molar refractivity (Wildman–Crippen MR) is 83.9 cm³/mol. The van der Waals surface area contributed by atoms with E-state index in [1.165, 1.54) is 42.4 Å². The third-order valence-electron chi connectivity index (χ3n) is 4.17. The van der Waals surface area contributed by atoms with Crippen molar-refractivity contribution in [2.75, 3.05) is 0 Å². The van der Waals surface area contributed by atoms with Crippen LogP contribution in [0.3, 0.4) is 0 Å². The van der Waals surface area contributed by atoms with Gasteiger partial charge in [-0.3, -0.25) is 4.79 Å². The van der Waals surface area contributed by atoms with Crippen molar-refractivity contribution in [2.45, 2.75) is 71.9 Å². The number of hydrogen-bond acceptors (Lipinski definition) is 1. The highest BCUT2D eigenvalue weighted by molar-refractivity contribution is 5.79. The van der Waals surface area contributed by atoms with Crippen molar-refractivity contribution in [3.05, 3.63) is 34.9 Å². The molecule has 2 rings (SSSR count). The molecule has 1 aliphatic carbocycles. The van der Waals surface area contributed by atoms with Crippen LogP contribution in [0.25, 0.3) is 0 Å². The second-order valence-corrected chi connectivity index (χ2v) is 6.48. The van der Waals surface area contributed by atoms with Gasteiger partial charge in [-0.25, -0.2) is 0 Å². The van der Waals surface area contributed by atoms with E-state index < -0.39 is 0 Å². The van der Waals surface area contributed by atoms with Gasteiger partial charge >= 0.3 is 0 Å². The fourth-order valence-electron chi connectivity index (χ4n) is 3.33. The zero-order valence-corrected chi connectivity index (χ0v) is 13.3. The lowest BCUT2D eigenvalue weighted by atomic mass is 9.90. The summed E-state index contributed by atoms with van der Waals surface area (Å²) in [6, 6.07) is 7.15. The number of rotatable bonds is 4. The molecule has 20 heavy (non-hydrogen) atoms. The van der Waals surface area contributed by atoms with Crippen LogP contribution >= 0.6 is 0 Å². The summed E-state index contributed by atoms with van der Waals surface area (Å²) < 4.78 is 0. The standard InChI is InChI=1S/C18H27NO/c1-13(2)19(14(3)4)18(20)12-15-9-10-16-7-5-6-8-17(16)11-15/h9-11,13-14H,5-8,12H2,1-4H3. The third-order valence-corrected chi connectivity index (χ3v) is 4.17. The van der Waals surface area contributed by atoms with Crippen molar-refractivity contribution in [3.63, 3.8) is 0 Å². The van der Waals surface area contributed by atoms with E-state index in [0.717, 1.165) is 0 Å². The monoisotopic (exact) mass is 273 g/mol. The Labute approximate surface area is 123 Å². The Kier molecular flexibility index (Phi) is 4.85. The number of nitrogens with zero attached hydrogens (tertiary/aromatic N) is 1. The van der Waals surface area contributed by atoms with Gasteiger partial charge in [0.05, 0.1) is 6.42 Å². The molecule has 1 aromatic carbocycles. The minimum Gasteiger partial charge on any atom is -0.338 e. The van der Waals surface area contributed by atoms with Gasteiger partial charge in [-0.15, -0.1) is 0 Å². The van der Waals surface area contributed by atoms with E-state index in [1.54, 1.807) is 0 Å². The molecule has 0 saturated carbocycles. The molecule has 0 N–H and O–H groups in total. The minimum absolute atomic E-state index is 0.241. The average Bonchev–Trinajstić information content (AvgIpc) is 2.37. The molecule has 1 aromatic rings. The Balaban J connectivity index is 2.11. The lowest BCUT2D eigenvalue weighted by molar-refractivity contribution is -0.134. The van der Waals surface area contributed by atoms with Crippen molar-refractivity contribution in [2.24, 2.45) is 0 Å². The molecule has 0 unspecified atom stereocenters. The topological polar surface area (TPSA) is 20.3 Å². The zero-order chi connectivity index (χ0) is 14.7. The van der Waals surface area contributed by atoms with Gasteiger partial charge in [-0.2, -0.15) is 0 Å². The van der Waals surface area contributed by atoms with Gasteiger partial charge in [0.25, 0.3) is 0 Å². The molecule has 0 fully saturated rings. The molecule has 0 heterocycles. The molecule has 0 saturated heterocycles. The van der Waals surface area contributed by atoms with Gasteiger partial charge in [0.2, 0.25) is 5.91 Å². The minimum atomic E-state index is 0.241. The van der Waals surface area contributed by atoms with Crippen LogP contribution < -0.4 is 0 Å². The summed E-state index contributed by atoms with van der Waals surface area (Å²) in [7, 11) is 0. The van der Waals surface area contributed by atoms with Crippen molar-refractivity contribution in [3.8, 4) is 0 Å². The average molecular weight is 273 g/mol. The van der Waals surface area contributed by atoms with Crippen molar-refractivity contribution in [1.82, 2.24) is 4.90 Å². The van der Waals surface area contributed by atoms with Gasteiger partial charge in [0, 0.05) is 12.1 Å². The van der Waals surface area contributed by atoms with Crippen molar-refractivity contribution >= 4 is 5.91 Å². The van der Waals surface area contributed by atoms with E-state index in [-0.39, 0.29) is 18.0 Å². The second kappa shape index (κ2) is 6.43. The predicted octanol–water partition coefficient (Wildman–Crippen LogP) is 3.75. The maximum absolute atomic E-state index is 12.5. The number of benzene rings is 1. The maximum atomic E-state index is 12.5. The first-order valence-electron chi connectivity index (χ1n) is 7.91. The maximum Gasteiger partial charge on any atom is 0.227 e. The molecule has 0 radical (unpaired) electrons. The van der Waals surface area contributed by atoms with Crippen LogP contribution in [0.2, 0.25) is 0 Å². The van der Waals surface area contributed by atoms with E-state index in [2.05, 4.69) is 45.9 Å². The highest BCUT2D eigenvalue weighted by Gasteiger charge is 2.20. The molecule has 0 bridgehead atoms. The van der Waals surface area contributed by atoms with Crippen LogP contribution in [-0.4, -0.2) is 22.9 Å². The molecule has 2 nitrogen and oxygen atoms in total. The van der Waals surface area contributed by atoms with Crippen LogP contribution in [0.15, 0.2) is 18.2 Å². The zero-order valence-electron chi connectivity index (χ0n) is 13.3. The third kappa shape index (κ3) is 3.41. The normalized spacial score (nSPS) is 14.5. The first kappa shape index (κ1) is 15.1. The number of aryl methyl sites for hydroxylation is 2. The Morgan fingerprint density at radius 3 is 2.25 bits per heavy atom. The summed E-state index contributed by atoms with van der Waals surface area (Å²) in [5.74, 6) is 0.241. The number of carbonyl (C=O) groups excluding carboxylic acids is 1. The molecular weight excluding hydrogens is 246 g/mol. The molecular formula is C18H27NO. The molecule has 1 aliphatic rings. The van der Waals surface area contributed by atoms with E-state index in [1.807, 2.05) is 4.90 Å². The summed E-state index contributed by atoms with van der Waals surface area (Å²) in [6.07, 6.45) is 5.50. The number of carbonyl (C=O) groups is 1. The van der Waals surface area contributed by atoms with Crippen LogP contribution in [-0.2, 0) is 24.1 Å². The molecule has 110 valence electrons. The Hall–Kier alpha value is -1.31. The Bertz CT molecular complexity index is 468. The molecule has 0 atom stereocenters. The molecule has 0 aromatic heterocycles. The van der Waals surface area contributed by atoms with E-state index in [4.69, 9.17) is 0 Å². The van der Waals surface area contributed by atoms with Gasteiger partial charge in [0.1, 0.15) is 0 Å². The quantitative estimate of drug-likeness (QED) is 0.818. The summed E-state index contributed by atoms with van der Waals surface area (Å²) in [5, 5.41) is 0. The summed E-state index contributed by atoms with van der Waals surface area (Å²) in [4.78, 5) is 14.5. The number of fused-ring (bicyclic) bond motifs is 1. The highest BCUT2D eigenvalue weighted by Crippen LogP contribution is 2.23. The second-order valence-electron chi connectivity index (χ2n) is 6.48.